The zero-order chi connectivity index (χ0) is 13.5. The van der Waals surface area contributed by atoms with Gasteiger partial charge >= 0.3 is 6.09 Å². The molecule has 0 aromatic heterocycles. The van der Waals surface area contributed by atoms with Crippen molar-refractivity contribution in [3.05, 3.63) is 0 Å². The molecule has 0 aliphatic rings. The lowest BCUT2D eigenvalue weighted by Gasteiger charge is -2.29. The highest BCUT2D eigenvalue weighted by molar-refractivity contribution is 6.77. The van der Waals surface area contributed by atoms with Crippen LogP contribution in [0.3, 0.4) is 0 Å². The van der Waals surface area contributed by atoms with Crippen molar-refractivity contribution in [3.8, 4) is 0 Å². The summed E-state index contributed by atoms with van der Waals surface area (Å²) in [6.45, 7) is 10.9. The van der Waals surface area contributed by atoms with Crippen molar-refractivity contribution in [2.24, 2.45) is 0 Å². The van der Waals surface area contributed by atoms with Crippen molar-refractivity contribution in [2.75, 3.05) is 6.54 Å². The highest BCUT2D eigenvalue weighted by Crippen LogP contribution is 2.16. The van der Waals surface area contributed by atoms with Crippen LogP contribution < -0.4 is 0 Å². The standard InChI is InChI=1S/C12H25NO3Si/c1-6-8-9-13(10-14)12(15)16-11(7-2)17(3,4)5/h10-11H,6-9H2,1-5H3. The number of unbranched alkanes of at least 4 members (excludes halogenated alkanes) is 1. The summed E-state index contributed by atoms with van der Waals surface area (Å²) in [4.78, 5) is 23.7. The van der Waals surface area contributed by atoms with Crippen LogP contribution in [0.2, 0.25) is 19.6 Å². The molecule has 0 N–H and O–H groups in total. The fourth-order valence-electron chi connectivity index (χ4n) is 1.58. The molecule has 0 aromatic carbocycles. The van der Waals surface area contributed by atoms with E-state index >= 15 is 0 Å². The van der Waals surface area contributed by atoms with E-state index in [1.165, 1.54) is 0 Å². The lowest BCUT2D eigenvalue weighted by molar-refractivity contribution is -0.117. The second kappa shape index (κ2) is 7.48. The topological polar surface area (TPSA) is 46.6 Å². The first kappa shape index (κ1) is 16.2. The Morgan fingerprint density at radius 3 is 2.29 bits per heavy atom. The maximum atomic E-state index is 11.8. The number of ether oxygens (including phenoxy) is 1. The van der Waals surface area contributed by atoms with E-state index in [1.54, 1.807) is 0 Å². The normalized spacial score (nSPS) is 13.0. The van der Waals surface area contributed by atoms with Crippen molar-refractivity contribution in [2.45, 2.75) is 58.5 Å². The van der Waals surface area contributed by atoms with Crippen LogP contribution in [-0.2, 0) is 9.53 Å². The average molecular weight is 259 g/mol. The van der Waals surface area contributed by atoms with Crippen molar-refractivity contribution in [1.82, 2.24) is 4.90 Å². The van der Waals surface area contributed by atoms with Gasteiger partial charge < -0.3 is 4.74 Å². The number of amides is 2. The monoisotopic (exact) mass is 259 g/mol. The fraction of sp³-hybridized carbons (Fsp3) is 0.833. The van der Waals surface area contributed by atoms with Gasteiger partial charge in [0.1, 0.15) is 0 Å². The Kier molecular flexibility index (Phi) is 7.11. The first-order valence-electron chi connectivity index (χ1n) is 6.29. The maximum Gasteiger partial charge on any atom is 0.416 e. The first-order valence-corrected chi connectivity index (χ1v) is 9.87. The van der Waals surface area contributed by atoms with Crippen molar-refractivity contribution in [3.63, 3.8) is 0 Å². The maximum absolute atomic E-state index is 11.8. The molecule has 0 rings (SSSR count). The Bertz CT molecular complexity index is 251. The van der Waals surface area contributed by atoms with Gasteiger partial charge in [-0.3, -0.25) is 9.69 Å². The Morgan fingerprint density at radius 1 is 1.35 bits per heavy atom. The second-order valence-corrected chi connectivity index (χ2v) is 10.7. The lowest BCUT2D eigenvalue weighted by atomic mass is 10.3. The minimum Gasteiger partial charge on any atom is -0.450 e. The van der Waals surface area contributed by atoms with Crippen LogP contribution in [0.1, 0.15) is 33.1 Å². The minimum atomic E-state index is -1.52. The van der Waals surface area contributed by atoms with E-state index in [0.29, 0.717) is 13.0 Å². The van der Waals surface area contributed by atoms with E-state index in [-0.39, 0.29) is 5.73 Å². The molecule has 5 heteroatoms. The second-order valence-electron chi connectivity index (χ2n) is 5.30. The van der Waals surface area contributed by atoms with Gasteiger partial charge in [0.15, 0.2) is 0 Å². The molecule has 17 heavy (non-hydrogen) atoms. The molecular formula is C12H25NO3Si. The Morgan fingerprint density at radius 2 is 1.94 bits per heavy atom. The average Bonchev–Trinajstić information content (AvgIpc) is 2.25. The molecule has 0 radical (unpaired) electrons. The van der Waals surface area contributed by atoms with E-state index in [0.717, 1.165) is 24.2 Å². The first-order chi connectivity index (χ1) is 7.86. The Balaban J connectivity index is 4.42. The van der Waals surface area contributed by atoms with Gasteiger partial charge in [0.05, 0.1) is 13.8 Å². The third-order valence-corrected chi connectivity index (χ3v) is 5.15. The number of carbonyl (C=O) groups excluding carboxylic acids is 2. The Hall–Kier alpha value is -0.843. The molecule has 100 valence electrons. The smallest absolute Gasteiger partial charge is 0.416 e. The summed E-state index contributed by atoms with van der Waals surface area (Å²) in [6.07, 6.45) is 2.64. The molecule has 0 aliphatic carbocycles. The third-order valence-electron chi connectivity index (χ3n) is 2.69. The van der Waals surface area contributed by atoms with Crippen LogP contribution >= 0.6 is 0 Å². The van der Waals surface area contributed by atoms with E-state index in [4.69, 9.17) is 4.74 Å². The summed E-state index contributed by atoms with van der Waals surface area (Å²) in [5.74, 6) is 0. The summed E-state index contributed by atoms with van der Waals surface area (Å²) < 4.78 is 5.43. The van der Waals surface area contributed by atoms with Gasteiger partial charge in [0.2, 0.25) is 6.41 Å². The van der Waals surface area contributed by atoms with Crippen LogP contribution in [0.15, 0.2) is 0 Å². The Labute approximate surface area is 105 Å². The van der Waals surface area contributed by atoms with Crippen LogP contribution in [0, 0.1) is 0 Å². The molecule has 1 unspecified atom stereocenters. The molecule has 0 saturated carbocycles. The predicted molar refractivity (Wildman–Crippen MR) is 71.6 cm³/mol. The van der Waals surface area contributed by atoms with Gasteiger partial charge in [-0.2, -0.15) is 0 Å². The summed E-state index contributed by atoms with van der Waals surface area (Å²) in [5, 5.41) is 0. The minimum absolute atomic E-state index is 0.0286. The zero-order valence-corrected chi connectivity index (χ0v) is 12.7. The van der Waals surface area contributed by atoms with Gasteiger partial charge in [0, 0.05) is 6.54 Å². The quantitative estimate of drug-likeness (QED) is 0.521. The van der Waals surface area contributed by atoms with Gasteiger partial charge in [0.25, 0.3) is 0 Å². The van der Waals surface area contributed by atoms with Gasteiger partial charge in [-0.25, -0.2) is 4.79 Å². The van der Waals surface area contributed by atoms with Gasteiger partial charge in [-0.15, -0.1) is 0 Å². The number of carbonyl (C=O) groups is 2. The van der Waals surface area contributed by atoms with Gasteiger partial charge in [-0.1, -0.05) is 39.9 Å². The summed E-state index contributed by atoms with van der Waals surface area (Å²) in [5.41, 5.74) is -0.0286. The summed E-state index contributed by atoms with van der Waals surface area (Å²) in [6, 6.07) is 0. The van der Waals surface area contributed by atoms with Crippen molar-refractivity contribution >= 4 is 20.6 Å². The van der Waals surface area contributed by atoms with E-state index in [9.17, 15) is 9.59 Å². The van der Waals surface area contributed by atoms with Crippen LogP contribution in [0.5, 0.6) is 0 Å². The molecule has 2 amide bonds. The number of hydrogen-bond donors (Lipinski definition) is 0. The number of rotatable bonds is 7. The largest absolute Gasteiger partial charge is 0.450 e. The summed E-state index contributed by atoms with van der Waals surface area (Å²) in [7, 11) is -1.52. The van der Waals surface area contributed by atoms with Crippen molar-refractivity contribution in [1.29, 1.82) is 0 Å². The fourth-order valence-corrected chi connectivity index (χ4v) is 3.26. The van der Waals surface area contributed by atoms with Crippen LogP contribution in [0.4, 0.5) is 4.79 Å². The highest BCUT2D eigenvalue weighted by Gasteiger charge is 2.30. The number of nitrogens with zero attached hydrogens (tertiary/aromatic N) is 1. The van der Waals surface area contributed by atoms with Crippen LogP contribution in [-0.4, -0.2) is 37.7 Å². The number of hydrogen-bond acceptors (Lipinski definition) is 3. The highest BCUT2D eigenvalue weighted by atomic mass is 28.3. The van der Waals surface area contributed by atoms with Crippen LogP contribution in [0.25, 0.3) is 0 Å². The molecular weight excluding hydrogens is 234 g/mol. The molecule has 0 fully saturated rings. The molecule has 0 heterocycles. The molecule has 0 aliphatic heterocycles. The SMILES string of the molecule is CCCCN(C=O)C(=O)OC(CC)[Si](C)(C)C. The number of imide groups is 1. The van der Waals surface area contributed by atoms with Gasteiger partial charge in [-0.05, 0) is 12.8 Å². The lowest BCUT2D eigenvalue weighted by Crippen LogP contribution is -2.44. The van der Waals surface area contributed by atoms with Crippen molar-refractivity contribution < 1.29 is 14.3 Å². The summed E-state index contributed by atoms with van der Waals surface area (Å²) >= 11 is 0. The zero-order valence-electron chi connectivity index (χ0n) is 11.7. The predicted octanol–water partition coefficient (Wildman–Crippen LogP) is 3.04. The third kappa shape index (κ3) is 5.86. The molecule has 4 nitrogen and oxygen atoms in total. The van der Waals surface area contributed by atoms with E-state index in [1.807, 2.05) is 13.8 Å². The molecule has 0 bridgehead atoms. The van der Waals surface area contributed by atoms with E-state index in [2.05, 4.69) is 19.6 Å². The molecule has 0 spiro atoms. The molecule has 0 aromatic rings. The van der Waals surface area contributed by atoms with E-state index < -0.39 is 14.2 Å². The molecule has 1 atom stereocenters. The molecule has 0 saturated heterocycles.